The number of carbonyl (C=O) groups is 2. The Hall–Kier alpha value is -2.38. The quantitative estimate of drug-likeness (QED) is 0.724. The Kier molecular flexibility index (Phi) is 5.82. The highest BCUT2D eigenvalue weighted by Crippen LogP contribution is 2.47. The molecular formula is C19H24ClN5O2. The maximum Gasteiger partial charge on any atom is 0.243 e. The molecule has 2 aromatic rings. The van der Waals surface area contributed by atoms with Crippen LogP contribution in [-0.4, -0.2) is 34.2 Å². The number of nitrogens with zero attached hydrogens (tertiary/aromatic N) is 2. The molecule has 27 heavy (non-hydrogen) atoms. The van der Waals surface area contributed by atoms with E-state index >= 15 is 0 Å². The molecule has 2 amide bonds. The van der Waals surface area contributed by atoms with Crippen molar-refractivity contribution in [2.24, 2.45) is 23.5 Å². The summed E-state index contributed by atoms with van der Waals surface area (Å²) in [5, 5.41) is 9.70. The Labute approximate surface area is 164 Å². The van der Waals surface area contributed by atoms with Gasteiger partial charge in [-0.25, -0.2) is 4.68 Å². The number of nitrogens with two attached hydrogens (primary N) is 1. The number of hydrogen-bond donors (Lipinski definition) is 3. The van der Waals surface area contributed by atoms with Gasteiger partial charge in [0.1, 0.15) is 0 Å². The number of halogens is 1. The average molecular weight is 390 g/mol. The lowest BCUT2D eigenvalue weighted by Crippen LogP contribution is -2.46. The molecule has 4 N–H and O–H groups in total. The molecule has 4 rings (SSSR count). The lowest BCUT2D eigenvalue weighted by Gasteiger charge is -2.26. The first-order valence-electron chi connectivity index (χ1n) is 9.05. The standard InChI is InChI=1S/C19H23N5O2.ClH/c20-18-13-3-2-12(10-13)17(18)19(26)21-11-16(25)23-14-4-6-15(7-5-14)24-9-1-8-22-24;/h1,4-9,12-13,17-18H,2-3,10-11,20H2,(H,21,26)(H,23,25);1H. The molecule has 7 nitrogen and oxygen atoms in total. The van der Waals surface area contributed by atoms with Crippen molar-refractivity contribution in [2.45, 2.75) is 25.3 Å². The summed E-state index contributed by atoms with van der Waals surface area (Å²) in [6.07, 6.45) is 6.81. The van der Waals surface area contributed by atoms with Crippen molar-refractivity contribution in [2.75, 3.05) is 11.9 Å². The summed E-state index contributed by atoms with van der Waals surface area (Å²) >= 11 is 0. The fourth-order valence-electron chi connectivity index (χ4n) is 4.33. The fourth-order valence-corrected chi connectivity index (χ4v) is 4.33. The topological polar surface area (TPSA) is 102 Å². The molecule has 0 spiro atoms. The summed E-state index contributed by atoms with van der Waals surface area (Å²) in [7, 11) is 0. The first-order valence-corrected chi connectivity index (χ1v) is 9.05. The maximum atomic E-state index is 12.4. The van der Waals surface area contributed by atoms with Crippen LogP contribution in [0.2, 0.25) is 0 Å². The van der Waals surface area contributed by atoms with Gasteiger partial charge >= 0.3 is 0 Å². The molecule has 0 aliphatic heterocycles. The van der Waals surface area contributed by atoms with Crippen molar-refractivity contribution in [1.29, 1.82) is 0 Å². The Morgan fingerprint density at radius 1 is 1.19 bits per heavy atom. The molecule has 144 valence electrons. The first-order chi connectivity index (χ1) is 12.6. The van der Waals surface area contributed by atoms with Gasteiger partial charge < -0.3 is 16.4 Å². The van der Waals surface area contributed by atoms with Crippen molar-refractivity contribution >= 4 is 29.9 Å². The van der Waals surface area contributed by atoms with Crippen LogP contribution in [0.25, 0.3) is 5.69 Å². The van der Waals surface area contributed by atoms with Crippen LogP contribution in [-0.2, 0) is 9.59 Å². The molecule has 2 fully saturated rings. The summed E-state index contributed by atoms with van der Waals surface area (Å²) in [6.45, 7) is -0.0413. The van der Waals surface area contributed by atoms with Crippen LogP contribution in [0.4, 0.5) is 5.69 Å². The van der Waals surface area contributed by atoms with Crippen LogP contribution in [0, 0.1) is 17.8 Å². The minimum atomic E-state index is -0.248. The monoisotopic (exact) mass is 389 g/mol. The highest BCUT2D eigenvalue weighted by molar-refractivity contribution is 5.95. The van der Waals surface area contributed by atoms with E-state index in [0.29, 0.717) is 17.5 Å². The van der Waals surface area contributed by atoms with Gasteiger partial charge in [-0.2, -0.15) is 5.10 Å². The van der Waals surface area contributed by atoms with Gasteiger partial charge in [-0.05, 0) is 61.4 Å². The van der Waals surface area contributed by atoms with Crippen LogP contribution >= 0.6 is 12.4 Å². The van der Waals surface area contributed by atoms with Crippen molar-refractivity contribution in [3.8, 4) is 5.69 Å². The summed E-state index contributed by atoms with van der Waals surface area (Å²) in [4.78, 5) is 24.5. The molecule has 1 aromatic heterocycles. The van der Waals surface area contributed by atoms with Crippen molar-refractivity contribution < 1.29 is 9.59 Å². The SMILES string of the molecule is Cl.NC1C2CCC(C2)C1C(=O)NCC(=O)Nc1ccc(-n2cccn2)cc1. The van der Waals surface area contributed by atoms with E-state index in [0.717, 1.165) is 24.9 Å². The van der Waals surface area contributed by atoms with Gasteiger partial charge in [0, 0.05) is 24.1 Å². The minimum absolute atomic E-state index is 0. The molecule has 2 aliphatic rings. The van der Waals surface area contributed by atoms with E-state index in [1.165, 1.54) is 0 Å². The highest BCUT2D eigenvalue weighted by atomic mass is 35.5. The van der Waals surface area contributed by atoms with Crippen molar-refractivity contribution in [3.05, 3.63) is 42.7 Å². The zero-order valence-corrected chi connectivity index (χ0v) is 15.7. The molecule has 4 atom stereocenters. The molecule has 4 unspecified atom stereocenters. The van der Waals surface area contributed by atoms with E-state index in [2.05, 4.69) is 15.7 Å². The Morgan fingerprint density at radius 2 is 1.93 bits per heavy atom. The van der Waals surface area contributed by atoms with Gasteiger partial charge in [0.25, 0.3) is 0 Å². The van der Waals surface area contributed by atoms with E-state index in [1.807, 2.05) is 36.5 Å². The number of fused-ring (bicyclic) bond motifs is 2. The lowest BCUT2D eigenvalue weighted by molar-refractivity contribution is -0.129. The Morgan fingerprint density at radius 3 is 2.56 bits per heavy atom. The van der Waals surface area contributed by atoms with Gasteiger partial charge in [0.05, 0.1) is 18.2 Å². The third-order valence-corrected chi connectivity index (χ3v) is 5.63. The van der Waals surface area contributed by atoms with Crippen LogP contribution < -0.4 is 16.4 Å². The van der Waals surface area contributed by atoms with E-state index in [-0.39, 0.29) is 42.7 Å². The van der Waals surface area contributed by atoms with E-state index in [1.54, 1.807) is 10.9 Å². The van der Waals surface area contributed by atoms with Crippen molar-refractivity contribution in [3.63, 3.8) is 0 Å². The average Bonchev–Trinajstić information content (AvgIpc) is 3.38. The second kappa shape index (κ2) is 8.10. The molecule has 0 radical (unpaired) electrons. The second-order valence-corrected chi connectivity index (χ2v) is 7.20. The first kappa shape index (κ1) is 19.4. The predicted molar refractivity (Wildman–Crippen MR) is 105 cm³/mol. The summed E-state index contributed by atoms with van der Waals surface area (Å²) in [5.74, 6) is 0.372. The van der Waals surface area contributed by atoms with E-state index in [4.69, 9.17) is 5.73 Å². The third kappa shape index (κ3) is 3.99. The zero-order valence-electron chi connectivity index (χ0n) is 14.9. The zero-order chi connectivity index (χ0) is 18.1. The van der Waals surface area contributed by atoms with Gasteiger partial charge in [-0.3, -0.25) is 9.59 Å². The van der Waals surface area contributed by atoms with Gasteiger partial charge in [-0.1, -0.05) is 0 Å². The Bertz CT molecular complexity index is 791. The molecule has 0 saturated heterocycles. The minimum Gasteiger partial charge on any atom is -0.347 e. The van der Waals surface area contributed by atoms with Gasteiger partial charge in [0.15, 0.2) is 0 Å². The number of benzene rings is 1. The molecule has 1 heterocycles. The normalized spacial score (nSPS) is 25.7. The van der Waals surface area contributed by atoms with E-state index < -0.39 is 0 Å². The number of hydrogen-bond acceptors (Lipinski definition) is 4. The van der Waals surface area contributed by atoms with Crippen molar-refractivity contribution in [1.82, 2.24) is 15.1 Å². The lowest BCUT2D eigenvalue weighted by atomic mass is 9.84. The molecule has 2 saturated carbocycles. The van der Waals surface area contributed by atoms with Crippen LogP contribution in [0.3, 0.4) is 0 Å². The van der Waals surface area contributed by atoms with Gasteiger partial charge in [0.2, 0.25) is 11.8 Å². The third-order valence-electron chi connectivity index (χ3n) is 5.63. The second-order valence-electron chi connectivity index (χ2n) is 7.20. The number of carbonyl (C=O) groups excluding carboxylic acids is 2. The predicted octanol–water partition coefficient (Wildman–Crippen LogP) is 1.72. The molecule has 2 bridgehead atoms. The number of anilines is 1. The molecular weight excluding hydrogens is 366 g/mol. The molecule has 2 aliphatic carbocycles. The highest BCUT2D eigenvalue weighted by Gasteiger charge is 2.48. The number of aromatic nitrogens is 2. The largest absolute Gasteiger partial charge is 0.347 e. The maximum absolute atomic E-state index is 12.4. The smallest absolute Gasteiger partial charge is 0.243 e. The van der Waals surface area contributed by atoms with Gasteiger partial charge in [-0.15, -0.1) is 12.4 Å². The van der Waals surface area contributed by atoms with Crippen LogP contribution in [0.1, 0.15) is 19.3 Å². The summed E-state index contributed by atoms with van der Waals surface area (Å²) < 4.78 is 1.74. The number of amides is 2. The fraction of sp³-hybridized carbons (Fsp3) is 0.421. The molecule has 8 heteroatoms. The van der Waals surface area contributed by atoms with Crippen LogP contribution in [0.15, 0.2) is 42.7 Å². The van der Waals surface area contributed by atoms with Crippen LogP contribution in [0.5, 0.6) is 0 Å². The molecule has 1 aromatic carbocycles. The number of nitrogens with one attached hydrogen (secondary N) is 2. The summed E-state index contributed by atoms with van der Waals surface area (Å²) in [6, 6.07) is 9.14. The summed E-state index contributed by atoms with van der Waals surface area (Å²) in [5.41, 5.74) is 7.77. The number of rotatable bonds is 5. The van der Waals surface area contributed by atoms with E-state index in [9.17, 15) is 9.59 Å². The Balaban J connectivity index is 0.00000210.